The number of halogens is 1. The second-order valence-electron chi connectivity index (χ2n) is 7.33. The number of carbonyl (C=O) groups is 1. The predicted octanol–water partition coefficient (Wildman–Crippen LogP) is 3.48. The quantitative estimate of drug-likeness (QED) is 0.676. The zero-order valence-electron chi connectivity index (χ0n) is 16.5. The number of piperazine rings is 1. The van der Waals surface area contributed by atoms with E-state index in [1.165, 1.54) is 10.8 Å². The summed E-state index contributed by atoms with van der Waals surface area (Å²) in [5, 5.41) is 9.00. The van der Waals surface area contributed by atoms with E-state index in [0.717, 1.165) is 30.8 Å². The van der Waals surface area contributed by atoms with Gasteiger partial charge in [0.05, 0.1) is 12.6 Å². The maximum atomic E-state index is 12.8. The summed E-state index contributed by atoms with van der Waals surface area (Å²) in [7, 11) is 0. The highest BCUT2D eigenvalue weighted by molar-refractivity contribution is 5.87. The van der Waals surface area contributed by atoms with Crippen molar-refractivity contribution in [1.82, 2.24) is 20.5 Å². The lowest BCUT2D eigenvalue weighted by Crippen LogP contribution is -2.49. The van der Waals surface area contributed by atoms with Gasteiger partial charge in [0.2, 0.25) is 5.91 Å². The van der Waals surface area contributed by atoms with E-state index in [1.54, 1.807) is 6.20 Å². The molecular weight excluding hydrogens is 384 g/mol. The van der Waals surface area contributed by atoms with E-state index in [-0.39, 0.29) is 30.4 Å². The van der Waals surface area contributed by atoms with E-state index in [1.807, 2.05) is 24.4 Å². The highest BCUT2D eigenvalue weighted by atomic mass is 35.5. The third-order valence-electron chi connectivity index (χ3n) is 5.44. The molecule has 152 valence electrons. The zero-order valence-corrected chi connectivity index (χ0v) is 17.4. The first-order valence-corrected chi connectivity index (χ1v) is 9.84. The van der Waals surface area contributed by atoms with E-state index < -0.39 is 0 Å². The first-order chi connectivity index (χ1) is 13.7. The van der Waals surface area contributed by atoms with E-state index in [0.29, 0.717) is 6.54 Å². The number of benzene rings is 2. The van der Waals surface area contributed by atoms with Crippen LogP contribution in [0.1, 0.15) is 30.1 Å². The molecule has 29 heavy (non-hydrogen) atoms. The Morgan fingerprint density at radius 1 is 1.21 bits per heavy atom. The van der Waals surface area contributed by atoms with Gasteiger partial charge in [0.15, 0.2) is 0 Å². The predicted molar refractivity (Wildman–Crippen MR) is 119 cm³/mol. The summed E-state index contributed by atoms with van der Waals surface area (Å²) in [5.74, 6) is 0.0521. The number of hydrogen-bond acceptors (Lipinski definition) is 4. The third kappa shape index (κ3) is 4.93. The highest BCUT2D eigenvalue weighted by Gasteiger charge is 2.26. The molecule has 1 amide bonds. The van der Waals surface area contributed by atoms with Gasteiger partial charge in [-0.1, -0.05) is 48.5 Å². The molecule has 2 unspecified atom stereocenters. The summed E-state index contributed by atoms with van der Waals surface area (Å²) >= 11 is 0. The van der Waals surface area contributed by atoms with Crippen LogP contribution >= 0.6 is 12.4 Å². The lowest BCUT2D eigenvalue weighted by molar-refractivity contribution is -0.123. The minimum atomic E-state index is -0.0432. The second-order valence-corrected chi connectivity index (χ2v) is 7.33. The summed E-state index contributed by atoms with van der Waals surface area (Å²) in [6.07, 6.45) is 3.67. The first-order valence-electron chi connectivity index (χ1n) is 9.84. The SMILES string of the molecule is CC(NC(=O)CN1CCNCC1c1cccnc1)c1cccc2ccccc12.Cl. The molecule has 5 nitrogen and oxygen atoms in total. The Bertz CT molecular complexity index is 945. The van der Waals surface area contributed by atoms with Gasteiger partial charge >= 0.3 is 0 Å². The zero-order chi connectivity index (χ0) is 19.3. The van der Waals surface area contributed by atoms with Gasteiger partial charge in [0.25, 0.3) is 0 Å². The number of carbonyl (C=O) groups excluding carboxylic acids is 1. The largest absolute Gasteiger partial charge is 0.348 e. The molecule has 4 rings (SSSR count). The smallest absolute Gasteiger partial charge is 0.234 e. The number of pyridine rings is 1. The molecule has 1 saturated heterocycles. The maximum absolute atomic E-state index is 12.8. The molecule has 0 bridgehead atoms. The molecule has 0 aliphatic carbocycles. The topological polar surface area (TPSA) is 57.3 Å². The summed E-state index contributed by atoms with van der Waals surface area (Å²) in [6.45, 7) is 5.00. The Morgan fingerprint density at radius 3 is 2.86 bits per heavy atom. The molecule has 0 radical (unpaired) electrons. The van der Waals surface area contributed by atoms with Gasteiger partial charge in [0, 0.05) is 38.1 Å². The highest BCUT2D eigenvalue weighted by Crippen LogP contribution is 2.25. The maximum Gasteiger partial charge on any atom is 0.234 e. The number of amides is 1. The molecule has 1 aliphatic heterocycles. The number of aromatic nitrogens is 1. The molecule has 1 fully saturated rings. The summed E-state index contributed by atoms with van der Waals surface area (Å²) < 4.78 is 0. The normalized spacial score (nSPS) is 18.0. The monoisotopic (exact) mass is 410 g/mol. The Kier molecular flexibility index (Phi) is 7.20. The third-order valence-corrected chi connectivity index (χ3v) is 5.44. The van der Waals surface area contributed by atoms with Gasteiger partial charge in [-0.05, 0) is 34.9 Å². The molecule has 3 aromatic rings. The Balaban J connectivity index is 0.00000240. The van der Waals surface area contributed by atoms with Crippen molar-refractivity contribution in [3.05, 3.63) is 78.1 Å². The van der Waals surface area contributed by atoms with Crippen molar-refractivity contribution >= 4 is 29.1 Å². The van der Waals surface area contributed by atoms with Crippen molar-refractivity contribution in [2.45, 2.75) is 19.0 Å². The molecule has 2 atom stereocenters. The van der Waals surface area contributed by atoms with Crippen LogP contribution in [0, 0.1) is 0 Å². The number of hydrogen-bond donors (Lipinski definition) is 2. The molecule has 0 saturated carbocycles. The minimum absolute atomic E-state index is 0. The molecular formula is C23H27ClN4O. The summed E-state index contributed by atoms with van der Waals surface area (Å²) in [5.41, 5.74) is 2.29. The molecule has 2 aromatic carbocycles. The molecule has 0 spiro atoms. The van der Waals surface area contributed by atoms with Crippen molar-refractivity contribution in [2.75, 3.05) is 26.2 Å². The fourth-order valence-electron chi connectivity index (χ4n) is 4.01. The fourth-order valence-corrected chi connectivity index (χ4v) is 4.01. The van der Waals surface area contributed by atoms with E-state index in [4.69, 9.17) is 0 Å². The van der Waals surface area contributed by atoms with Gasteiger partial charge in [-0.2, -0.15) is 0 Å². The van der Waals surface area contributed by atoms with E-state index in [2.05, 4.69) is 63.8 Å². The summed E-state index contributed by atoms with van der Waals surface area (Å²) in [6, 6.07) is 18.7. The Hall–Kier alpha value is -2.47. The van der Waals surface area contributed by atoms with Crippen LogP contribution in [-0.4, -0.2) is 42.0 Å². The van der Waals surface area contributed by atoms with Crippen LogP contribution in [0.25, 0.3) is 10.8 Å². The van der Waals surface area contributed by atoms with Gasteiger partial charge < -0.3 is 10.6 Å². The number of nitrogens with zero attached hydrogens (tertiary/aromatic N) is 2. The van der Waals surface area contributed by atoms with Crippen LogP contribution in [0.4, 0.5) is 0 Å². The first kappa shape index (κ1) is 21.2. The summed E-state index contributed by atoms with van der Waals surface area (Å²) in [4.78, 5) is 19.3. The number of fused-ring (bicyclic) bond motifs is 1. The van der Waals surface area contributed by atoms with Crippen LogP contribution in [0.5, 0.6) is 0 Å². The molecule has 1 aromatic heterocycles. The van der Waals surface area contributed by atoms with Gasteiger partial charge in [0.1, 0.15) is 0 Å². The van der Waals surface area contributed by atoms with Crippen LogP contribution in [0.15, 0.2) is 67.0 Å². The lowest BCUT2D eigenvalue weighted by Gasteiger charge is -2.36. The van der Waals surface area contributed by atoms with Gasteiger partial charge in [-0.25, -0.2) is 0 Å². The van der Waals surface area contributed by atoms with Crippen molar-refractivity contribution in [3.63, 3.8) is 0 Å². The van der Waals surface area contributed by atoms with Gasteiger partial charge in [-0.15, -0.1) is 12.4 Å². The second kappa shape index (κ2) is 9.83. The molecule has 1 aliphatic rings. The molecule has 2 heterocycles. The van der Waals surface area contributed by atoms with E-state index in [9.17, 15) is 4.79 Å². The molecule has 6 heteroatoms. The van der Waals surface area contributed by atoms with Crippen LogP contribution in [-0.2, 0) is 4.79 Å². The number of nitrogens with one attached hydrogen (secondary N) is 2. The Labute approximate surface area is 177 Å². The average molecular weight is 411 g/mol. The van der Waals surface area contributed by atoms with Crippen molar-refractivity contribution < 1.29 is 4.79 Å². The van der Waals surface area contributed by atoms with E-state index >= 15 is 0 Å². The van der Waals surface area contributed by atoms with Crippen molar-refractivity contribution in [2.24, 2.45) is 0 Å². The van der Waals surface area contributed by atoms with Crippen molar-refractivity contribution in [1.29, 1.82) is 0 Å². The average Bonchev–Trinajstić information content (AvgIpc) is 2.74. The lowest BCUT2D eigenvalue weighted by atomic mass is 9.99. The van der Waals surface area contributed by atoms with Crippen molar-refractivity contribution in [3.8, 4) is 0 Å². The van der Waals surface area contributed by atoms with Crippen LogP contribution in [0.3, 0.4) is 0 Å². The molecule has 2 N–H and O–H groups in total. The van der Waals surface area contributed by atoms with Gasteiger partial charge in [-0.3, -0.25) is 14.7 Å². The minimum Gasteiger partial charge on any atom is -0.348 e. The number of rotatable bonds is 5. The standard InChI is InChI=1S/C23H26N4O.ClH/c1-17(20-10-4-7-18-6-2-3-9-21(18)20)26-23(28)16-27-13-12-25-15-22(27)19-8-5-11-24-14-19;/h2-11,14,17,22,25H,12-13,15-16H2,1H3,(H,26,28);1H. The Morgan fingerprint density at radius 2 is 2.03 bits per heavy atom. The van der Waals surface area contributed by atoms with Crippen LogP contribution in [0.2, 0.25) is 0 Å². The fraction of sp³-hybridized carbons (Fsp3) is 0.304. The van der Waals surface area contributed by atoms with Crippen LogP contribution < -0.4 is 10.6 Å².